The van der Waals surface area contributed by atoms with Crippen molar-refractivity contribution in [3.63, 3.8) is 0 Å². The number of phenolic OH excluding ortho intramolecular Hbond substituents is 3. The third-order valence-corrected chi connectivity index (χ3v) is 2.03. The number of benzene rings is 1. The fraction of sp³-hybridized carbons (Fsp3) is 0.222. The molecule has 88 valence electrons. The number of carbonyl (C=O) groups is 1. The predicted octanol–water partition coefficient (Wildman–Crippen LogP) is -0.473. The van der Waals surface area contributed by atoms with E-state index in [1.165, 1.54) is 0 Å². The van der Waals surface area contributed by atoms with Gasteiger partial charge in [-0.3, -0.25) is 0 Å². The fourth-order valence-electron chi connectivity index (χ4n) is 1.26. The highest BCUT2D eigenvalue weighted by Crippen LogP contribution is 2.42. The van der Waals surface area contributed by atoms with Crippen LogP contribution in [0.3, 0.4) is 0 Å². The Kier molecular flexibility index (Phi) is 3.21. The van der Waals surface area contributed by atoms with E-state index >= 15 is 0 Å². The van der Waals surface area contributed by atoms with E-state index in [2.05, 4.69) is 0 Å². The summed E-state index contributed by atoms with van der Waals surface area (Å²) in [6.45, 7) is -0.835. The van der Waals surface area contributed by atoms with E-state index in [0.29, 0.717) is 6.07 Å². The summed E-state index contributed by atoms with van der Waals surface area (Å²) < 4.78 is 0. The van der Waals surface area contributed by atoms with Gasteiger partial charge in [-0.1, -0.05) is 0 Å². The van der Waals surface area contributed by atoms with Crippen LogP contribution in [-0.2, 0) is 0 Å². The van der Waals surface area contributed by atoms with Crippen molar-refractivity contribution in [3.8, 4) is 17.2 Å². The molecular weight excluding hydrogens is 220 g/mol. The monoisotopic (exact) mass is 230 g/mol. The fourth-order valence-corrected chi connectivity index (χ4v) is 1.26. The van der Waals surface area contributed by atoms with Crippen LogP contribution in [0.4, 0.5) is 0 Å². The van der Waals surface area contributed by atoms with Crippen molar-refractivity contribution in [2.75, 3.05) is 6.61 Å². The zero-order chi connectivity index (χ0) is 12.5. The number of aromatic hydroxyl groups is 3. The van der Waals surface area contributed by atoms with Crippen LogP contribution in [0.5, 0.6) is 17.2 Å². The molecule has 0 bridgehead atoms. The Morgan fingerprint density at radius 2 is 1.81 bits per heavy atom. The number of phenols is 3. The van der Waals surface area contributed by atoms with Gasteiger partial charge in [0.05, 0.1) is 12.2 Å². The van der Waals surface area contributed by atoms with Crippen LogP contribution in [-0.4, -0.2) is 43.2 Å². The summed E-state index contributed by atoms with van der Waals surface area (Å²) in [5.41, 5.74) is -1.15. The molecule has 1 aromatic rings. The normalized spacial score (nSPS) is 12.4. The first-order valence-electron chi connectivity index (χ1n) is 4.20. The number of rotatable bonds is 3. The first-order chi connectivity index (χ1) is 7.40. The third-order valence-electron chi connectivity index (χ3n) is 2.03. The second-order valence-corrected chi connectivity index (χ2v) is 3.06. The second-order valence-electron chi connectivity index (χ2n) is 3.06. The van der Waals surface area contributed by atoms with E-state index in [9.17, 15) is 15.0 Å². The van der Waals surface area contributed by atoms with E-state index in [1.807, 2.05) is 0 Å². The Labute approximate surface area is 89.5 Å². The molecule has 1 rings (SSSR count). The molecule has 6 N–H and O–H groups in total. The molecule has 0 aromatic heterocycles. The molecule has 0 saturated heterocycles. The van der Waals surface area contributed by atoms with Crippen molar-refractivity contribution in [2.24, 2.45) is 0 Å². The molecule has 1 atom stereocenters. The van der Waals surface area contributed by atoms with E-state index in [-0.39, 0.29) is 0 Å². The molecule has 0 aliphatic carbocycles. The van der Waals surface area contributed by atoms with Gasteiger partial charge in [0.1, 0.15) is 6.10 Å². The van der Waals surface area contributed by atoms with Gasteiger partial charge in [0.2, 0.25) is 5.75 Å². The van der Waals surface area contributed by atoms with Gasteiger partial charge in [0, 0.05) is 5.56 Å². The minimum atomic E-state index is -1.67. The van der Waals surface area contributed by atoms with Gasteiger partial charge < -0.3 is 30.6 Å². The maximum atomic E-state index is 10.8. The topological polar surface area (TPSA) is 138 Å². The van der Waals surface area contributed by atoms with E-state index in [4.69, 9.17) is 20.4 Å². The standard InChI is InChI=1S/C9H10O7/c10-2-5(12)6-3(9(15)16)1-4(11)7(13)8(6)14/h1,5,10-14H,2H2,(H,15,16). The van der Waals surface area contributed by atoms with E-state index in [1.54, 1.807) is 0 Å². The minimum absolute atomic E-state index is 0.551. The molecule has 0 amide bonds. The maximum Gasteiger partial charge on any atom is 0.336 e. The first kappa shape index (κ1) is 12.1. The van der Waals surface area contributed by atoms with Gasteiger partial charge >= 0.3 is 5.97 Å². The summed E-state index contributed by atoms with van der Waals surface area (Å²) in [6, 6.07) is 0.672. The zero-order valence-electron chi connectivity index (χ0n) is 7.95. The van der Waals surface area contributed by atoms with Crippen LogP contribution in [0.25, 0.3) is 0 Å². The highest BCUT2D eigenvalue weighted by Gasteiger charge is 2.25. The molecule has 0 radical (unpaired) electrons. The summed E-state index contributed by atoms with van der Waals surface area (Å²) >= 11 is 0. The average molecular weight is 230 g/mol. The first-order valence-corrected chi connectivity index (χ1v) is 4.20. The zero-order valence-corrected chi connectivity index (χ0v) is 7.95. The number of carboxylic acids is 1. The van der Waals surface area contributed by atoms with Crippen molar-refractivity contribution in [1.82, 2.24) is 0 Å². The number of hydrogen-bond acceptors (Lipinski definition) is 6. The van der Waals surface area contributed by atoms with Crippen LogP contribution in [0.15, 0.2) is 6.07 Å². The van der Waals surface area contributed by atoms with Crippen molar-refractivity contribution in [2.45, 2.75) is 6.10 Å². The number of hydrogen-bond donors (Lipinski definition) is 6. The number of aromatic carboxylic acids is 1. The lowest BCUT2D eigenvalue weighted by atomic mass is 10.00. The summed E-state index contributed by atoms with van der Waals surface area (Å²) in [4.78, 5) is 10.8. The highest BCUT2D eigenvalue weighted by atomic mass is 16.4. The third kappa shape index (κ3) is 1.86. The van der Waals surface area contributed by atoms with Crippen molar-refractivity contribution in [1.29, 1.82) is 0 Å². The molecule has 0 aliphatic heterocycles. The maximum absolute atomic E-state index is 10.8. The van der Waals surface area contributed by atoms with Crippen LogP contribution in [0.1, 0.15) is 22.0 Å². The van der Waals surface area contributed by atoms with Gasteiger partial charge in [-0.05, 0) is 6.07 Å². The Bertz CT molecular complexity index is 426. The molecule has 16 heavy (non-hydrogen) atoms. The molecule has 1 aromatic carbocycles. The molecule has 0 saturated carbocycles. The molecule has 0 aliphatic rings. The summed E-state index contributed by atoms with van der Waals surface area (Å²) in [7, 11) is 0. The number of carboxylic acid groups (broad SMARTS) is 1. The van der Waals surface area contributed by atoms with Crippen LogP contribution in [0, 0.1) is 0 Å². The van der Waals surface area contributed by atoms with Gasteiger partial charge in [-0.15, -0.1) is 0 Å². The quantitative estimate of drug-likeness (QED) is 0.386. The van der Waals surface area contributed by atoms with Crippen molar-refractivity contribution in [3.05, 3.63) is 17.2 Å². The number of aliphatic hydroxyl groups excluding tert-OH is 2. The lowest BCUT2D eigenvalue weighted by Crippen LogP contribution is -2.10. The second kappa shape index (κ2) is 4.25. The highest BCUT2D eigenvalue weighted by molar-refractivity contribution is 5.92. The van der Waals surface area contributed by atoms with Crippen molar-refractivity contribution < 1.29 is 35.4 Å². The smallest absolute Gasteiger partial charge is 0.336 e. The molecule has 1 unspecified atom stereocenters. The summed E-state index contributed by atoms with van der Waals surface area (Å²) in [5, 5.41) is 54.3. The van der Waals surface area contributed by atoms with Crippen LogP contribution in [0.2, 0.25) is 0 Å². The summed E-state index contributed by atoms with van der Waals surface area (Å²) in [5.74, 6) is -4.27. The molecule has 0 heterocycles. The van der Waals surface area contributed by atoms with Crippen molar-refractivity contribution >= 4 is 5.97 Å². The minimum Gasteiger partial charge on any atom is -0.504 e. The molecular formula is C9H10O7. The van der Waals surface area contributed by atoms with Crippen LogP contribution < -0.4 is 0 Å². The van der Waals surface area contributed by atoms with Gasteiger partial charge in [-0.2, -0.15) is 0 Å². The number of aliphatic hydroxyl groups is 2. The van der Waals surface area contributed by atoms with E-state index < -0.39 is 47.1 Å². The van der Waals surface area contributed by atoms with Gasteiger partial charge in [0.15, 0.2) is 11.5 Å². The molecule has 0 spiro atoms. The lowest BCUT2D eigenvalue weighted by molar-refractivity contribution is 0.0669. The largest absolute Gasteiger partial charge is 0.504 e. The van der Waals surface area contributed by atoms with Crippen LogP contribution >= 0.6 is 0 Å². The van der Waals surface area contributed by atoms with Gasteiger partial charge in [-0.25, -0.2) is 4.79 Å². The lowest BCUT2D eigenvalue weighted by Gasteiger charge is -2.14. The predicted molar refractivity (Wildman–Crippen MR) is 50.4 cm³/mol. The summed E-state index contributed by atoms with van der Waals surface area (Å²) in [6.07, 6.45) is -1.67. The molecule has 0 fully saturated rings. The Hall–Kier alpha value is -1.99. The molecule has 7 heteroatoms. The SMILES string of the molecule is O=C(O)c1cc(O)c(O)c(O)c1C(O)CO. The van der Waals surface area contributed by atoms with Gasteiger partial charge in [0.25, 0.3) is 0 Å². The Balaban J connectivity index is 3.54. The van der Waals surface area contributed by atoms with E-state index in [0.717, 1.165) is 0 Å². The average Bonchev–Trinajstić information content (AvgIpc) is 2.24. The molecule has 7 nitrogen and oxygen atoms in total. The Morgan fingerprint density at radius 1 is 1.25 bits per heavy atom. The Morgan fingerprint density at radius 3 is 2.25 bits per heavy atom.